The average molecular weight is 480 g/mol. The Bertz CT molecular complexity index is 904. The molecule has 0 saturated carbocycles. The van der Waals surface area contributed by atoms with Crippen molar-refractivity contribution in [2.45, 2.75) is 23.4 Å². The predicted molar refractivity (Wildman–Crippen MR) is 103 cm³/mol. The lowest BCUT2D eigenvalue weighted by Crippen LogP contribution is -2.48. The smallest absolute Gasteiger partial charge is 0.417 e. The number of thioether (sulfide) groups is 1. The van der Waals surface area contributed by atoms with Crippen LogP contribution in [0.15, 0.2) is 47.5 Å². The lowest BCUT2D eigenvalue weighted by atomic mass is 10.2. The monoisotopic (exact) mass is 480 g/mol. The van der Waals surface area contributed by atoms with E-state index >= 15 is 0 Å². The largest absolute Gasteiger partial charge is 0.475 e. The summed E-state index contributed by atoms with van der Waals surface area (Å²) >= 11 is 1.12. The number of benzene rings is 1. The maximum absolute atomic E-state index is 12.6. The fraction of sp³-hybridized carbons (Fsp3) is 0.400. The van der Waals surface area contributed by atoms with Gasteiger partial charge < -0.3 is 14.4 Å². The first-order valence-corrected chi connectivity index (χ1v) is 10.4. The zero-order valence-electron chi connectivity index (χ0n) is 16.4. The predicted octanol–water partition coefficient (Wildman–Crippen LogP) is 4.52. The molecule has 1 aromatic heterocycles. The molecule has 1 unspecified atom stereocenters. The van der Waals surface area contributed by atoms with Crippen LogP contribution in [0.25, 0.3) is 0 Å². The molecule has 1 saturated heterocycles. The molecule has 1 atom stereocenters. The molecule has 2 heterocycles. The third-order valence-electron chi connectivity index (χ3n) is 4.52. The molecule has 2 aromatic rings. The van der Waals surface area contributed by atoms with E-state index in [1.165, 1.54) is 12.1 Å². The maximum atomic E-state index is 12.6. The van der Waals surface area contributed by atoms with Crippen LogP contribution in [0.4, 0.5) is 26.3 Å². The van der Waals surface area contributed by atoms with Gasteiger partial charge in [0.2, 0.25) is 11.8 Å². The Morgan fingerprint density at radius 3 is 2.31 bits per heavy atom. The molecule has 0 bridgehead atoms. The number of halogens is 6. The van der Waals surface area contributed by atoms with Crippen molar-refractivity contribution in [3.8, 4) is 5.88 Å². The second-order valence-electron chi connectivity index (χ2n) is 6.84. The molecule has 5 nitrogen and oxygen atoms in total. The van der Waals surface area contributed by atoms with Crippen LogP contribution < -0.4 is 4.74 Å². The number of hydrogen-bond acceptors (Lipinski definition) is 5. The molecule has 1 fully saturated rings. The first kappa shape index (κ1) is 24.2. The molecular formula is C20H18F6N2O3S. The van der Waals surface area contributed by atoms with Crippen molar-refractivity contribution in [2.24, 2.45) is 0 Å². The summed E-state index contributed by atoms with van der Waals surface area (Å²) in [6.07, 6.45) is -8.73. The molecule has 174 valence electrons. The standard InChI is InChI=1S/C20H18F6N2O3S/c21-19(22,23)13-1-4-16(5-2-13)32-12-18(29)28-7-8-30-15(10-28)11-31-17-6-3-14(9-27-17)20(24,25)26/h1-6,9,15H,7-8,10-12H2. The summed E-state index contributed by atoms with van der Waals surface area (Å²) < 4.78 is 86.4. The topological polar surface area (TPSA) is 51.7 Å². The fourth-order valence-corrected chi connectivity index (χ4v) is 3.64. The van der Waals surface area contributed by atoms with E-state index in [1.54, 1.807) is 4.90 Å². The second kappa shape index (κ2) is 9.99. The number of alkyl halides is 6. The van der Waals surface area contributed by atoms with Crippen LogP contribution in [-0.4, -0.2) is 54.0 Å². The van der Waals surface area contributed by atoms with E-state index in [-0.39, 0.29) is 37.3 Å². The summed E-state index contributed by atoms with van der Waals surface area (Å²) in [5, 5.41) is 0. The number of amides is 1. The van der Waals surface area contributed by atoms with Crippen molar-refractivity contribution in [1.82, 2.24) is 9.88 Å². The Labute approximate surface area is 183 Å². The van der Waals surface area contributed by atoms with E-state index in [0.717, 1.165) is 36.0 Å². The molecule has 1 amide bonds. The zero-order chi connectivity index (χ0) is 23.4. The van der Waals surface area contributed by atoms with E-state index in [9.17, 15) is 31.1 Å². The van der Waals surface area contributed by atoms with E-state index in [0.29, 0.717) is 17.6 Å². The van der Waals surface area contributed by atoms with Gasteiger partial charge in [-0.15, -0.1) is 11.8 Å². The second-order valence-corrected chi connectivity index (χ2v) is 7.89. The molecule has 3 rings (SSSR count). The van der Waals surface area contributed by atoms with Crippen LogP contribution in [0, 0.1) is 0 Å². The summed E-state index contributed by atoms with van der Waals surface area (Å²) in [6, 6.07) is 6.52. The van der Waals surface area contributed by atoms with Crippen LogP contribution >= 0.6 is 11.8 Å². The molecule has 0 spiro atoms. The van der Waals surface area contributed by atoms with Gasteiger partial charge in [0.25, 0.3) is 0 Å². The third kappa shape index (κ3) is 6.76. The van der Waals surface area contributed by atoms with Gasteiger partial charge in [-0.25, -0.2) is 4.98 Å². The van der Waals surface area contributed by atoms with Gasteiger partial charge >= 0.3 is 12.4 Å². The third-order valence-corrected chi connectivity index (χ3v) is 5.51. The number of aromatic nitrogens is 1. The van der Waals surface area contributed by atoms with Crippen LogP contribution in [0.3, 0.4) is 0 Å². The Hall–Kier alpha value is -2.47. The minimum atomic E-state index is -4.49. The highest BCUT2D eigenvalue weighted by Crippen LogP contribution is 2.31. The number of carbonyl (C=O) groups excluding carboxylic acids is 1. The molecule has 12 heteroatoms. The van der Waals surface area contributed by atoms with Crippen LogP contribution in [0.5, 0.6) is 5.88 Å². The van der Waals surface area contributed by atoms with Gasteiger partial charge in [0.1, 0.15) is 12.7 Å². The highest BCUT2D eigenvalue weighted by molar-refractivity contribution is 8.00. The van der Waals surface area contributed by atoms with Crippen molar-refractivity contribution in [3.05, 3.63) is 53.7 Å². The Balaban J connectivity index is 1.46. The van der Waals surface area contributed by atoms with Crippen molar-refractivity contribution in [3.63, 3.8) is 0 Å². The van der Waals surface area contributed by atoms with E-state index in [4.69, 9.17) is 9.47 Å². The number of hydrogen-bond donors (Lipinski definition) is 0. The first-order valence-electron chi connectivity index (χ1n) is 9.38. The first-order chi connectivity index (χ1) is 15.0. The molecule has 32 heavy (non-hydrogen) atoms. The quantitative estimate of drug-likeness (QED) is 0.450. The average Bonchev–Trinajstić information content (AvgIpc) is 2.75. The van der Waals surface area contributed by atoms with Crippen molar-refractivity contribution < 1.29 is 40.6 Å². The number of rotatable bonds is 6. The lowest BCUT2D eigenvalue weighted by molar-refractivity contribution is -0.138. The molecule has 1 aromatic carbocycles. The summed E-state index contributed by atoms with van der Waals surface area (Å²) in [5.74, 6) is -0.168. The maximum Gasteiger partial charge on any atom is 0.417 e. The number of nitrogens with zero attached hydrogens (tertiary/aromatic N) is 2. The number of morpholine rings is 1. The van der Waals surface area contributed by atoms with Crippen LogP contribution in [0.2, 0.25) is 0 Å². The SMILES string of the molecule is O=C(CSc1ccc(C(F)(F)F)cc1)N1CCOC(COc2ccc(C(F)(F)F)cn2)C1. The highest BCUT2D eigenvalue weighted by Gasteiger charge is 2.31. The minimum Gasteiger partial charge on any atom is -0.475 e. The Kier molecular flexibility index (Phi) is 7.55. The van der Waals surface area contributed by atoms with Gasteiger partial charge in [-0.2, -0.15) is 26.3 Å². The van der Waals surface area contributed by atoms with Crippen molar-refractivity contribution in [1.29, 1.82) is 0 Å². The number of ether oxygens (including phenoxy) is 2. The molecule has 1 aliphatic rings. The molecule has 0 N–H and O–H groups in total. The van der Waals surface area contributed by atoms with E-state index < -0.39 is 29.6 Å². The van der Waals surface area contributed by atoms with E-state index in [2.05, 4.69) is 4.98 Å². The minimum absolute atomic E-state index is 0.00269. The van der Waals surface area contributed by atoms with Gasteiger partial charge in [-0.05, 0) is 30.3 Å². The number of carbonyl (C=O) groups is 1. The molecule has 0 aliphatic carbocycles. The molecular weight excluding hydrogens is 462 g/mol. The summed E-state index contributed by atoms with van der Waals surface area (Å²) in [5.41, 5.74) is -1.65. The summed E-state index contributed by atoms with van der Waals surface area (Å²) in [6.45, 7) is 0.813. The van der Waals surface area contributed by atoms with Gasteiger partial charge in [0.05, 0.1) is 30.0 Å². The van der Waals surface area contributed by atoms with E-state index in [1.807, 2.05) is 0 Å². The van der Waals surface area contributed by atoms with Crippen LogP contribution in [0.1, 0.15) is 11.1 Å². The Morgan fingerprint density at radius 2 is 1.72 bits per heavy atom. The Morgan fingerprint density at radius 1 is 1.06 bits per heavy atom. The van der Waals surface area contributed by atoms with Gasteiger partial charge in [0.15, 0.2) is 0 Å². The van der Waals surface area contributed by atoms with Gasteiger partial charge in [0, 0.05) is 23.7 Å². The zero-order valence-corrected chi connectivity index (χ0v) is 17.3. The molecule has 0 radical (unpaired) electrons. The van der Waals surface area contributed by atoms with Gasteiger partial charge in [-0.3, -0.25) is 4.79 Å². The normalized spacial score (nSPS) is 17.3. The van der Waals surface area contributed by atoms with Crippen molar-refractivity contribution in [2.75, 3.05) is 32.1 Å². The van der Waals surface area contributed by atoms with Gasteiger partial charge in [-0.1, -0.05) is 0 Å². The van der Waals surface area contributed by atoms with Crippen LogP contribution in [-0.2, 0) is 21.9 Å². The summed E-state index contributed by atoms with van der Waals surface area (Å²) in [4.78, 5) is 18.2. The fourth-order valence-electron chi connectivity index (χ4n) is 2.83. The number of pyridine rings is 1. The summed E-state index contributed by atoms with van der Waals surface area (Å²) in [7, 11) is 0. The highest BCUT2D eigenvalue weighted by atomic mass is 32.2. The van der Waals surface area contributed by atoms with Crippen molar-refractivity contribution >= 4 is 17.7 Å². The lowest BCUT2D eigenvalue weighted by Gasteiger charge is -2.32. The molecule has 1 aliphatic heterocycles.